The number of aromatic nitrogens is 12. The Bertz CT molecular complexity index is 5080. The number of hydrogen-bond acceptors (Lipinski definition) is 15. The molecule has 4 aliphatic rings. The molecule has 0 unspecified atom stereocenters. The van der Waals surface area contributed by atoms with Crippen molar-refractivity contribution in [3.8, 4) is 11.4 Å². The lowest BCUT2D eigenvalue weighted by Gasteiger charge is -2.42. The molecule has 2 aliphatic heterocycles. The van der Waals surface area contributed by atoms with Gasteiger partial charge in [0, 0.05) is 73.1 Å². The van der Waals surface area contributed by atoms with E-state index in [0.29, 0.717) is 10.9 Å². The van der Waals surface area contributed by atoms with Crippen molar-refractivity contribution in [2.45, 2.75) is 71.4 Å². The summed E-state index contributed by atoms with van der Waals surface area (Å²) in [7, 11) is -1.44. The number of H-pyrrole nitrogens is 1. The summed E-state index contributed by atoms with van der Waals surface area (Å²) >= 11 is 6.74. The fraction of sp³-hybridized carbons (Fsp3) is 0.230. The smallest absolute Gasteiger partial charge is 0.423 e. The van der Waals surface area contributed by atoms with Crippen molar-refractivity contribution < 1.29 is 10.0 Å². The summed E-state index contributed by atoms with van der Waals surface area (Å²) < 4.78 is 5.78. The minimum absolute atomic E-state index is 0. The minimum Gasteiger partial charge on any atom is -0.423 e. The fourth-order valence-corrected chi connectivity index (χ4v) is 14.8. The van der Waals surface area contributed by atoms with Gasteiger partial charge in [0.2, 0.25) is 0 Å². The van der Waals surface area contributed by atoms with Crippen LogP contribution in [0.4, 0.5) is 5.82 Å². The highest BCUT2D eigenvalue weighted by molar-refractivity contribution is 14.0. The van der Waals surface area contributed by atoms with E-state index < -0.39 is 7.12 Å². The molecule has 2 atom stereocenters. The lowest BCUT2D eigenvalue weighted by molar-refractivity contribution is 0.174. The number of halogens is 4. The zero-order chi connectivity index (χ0) is 65.4. The van der Waals surface area contributed by atoms with Crippen molar-refractivity contribution >= 4 is 153 Å². The largest absolute Gasteiger partial charge is 0.489 e. The van der Waals surface area contributed by atoms with Crippen LogP contribution in [0.2, 0.25) is 0 Å². The molecule has 97 heavy (non-hydrogen) atoms. The van der Waals surface area contributed by atoms with Crippen LogP contribution in [0.25, 0.3) is 77.6 Å². The number of benzene rings is 5. The zero-order valence-electron chi connectivity index (χ0n) is 53.8. The van der Waals surface area contributed by atoms with E-state index in [2.05, 4.69) is 183 Å². The van der Waals surface area contributed by atoms with Gasteiger partial charge in [0.1, 0.15) is 25.8 Å². The first kappa shape index (κ1) is 68.8. The molecule has 2 aliphatic carbocycles. The molecule has 11 heterocycles. The monoisotopic (exact) mass is 1550 g/mol. The summed E-state index contributed by atoms with van der Waals surface area (Å²) in [4.78, 5) is 46.3. The van der Waals surface area contributed by atoms with Crippen LogP contribution in [-0.4, -0.2) is 102 Å². The standard InChI is InChI=1S/C29H28N6.C16H11BrN4.C13H18N2.C9H8BNO2.C7H6BrN3.ClH.HI/c1-19-27(34-16-12-29(13-17-34)18-20-6-2-3-7-21(20)26(29)30)33-24-11-15-35(28(24)32-19)25-10-4-9-23-22(25)8-5-14-31-23;1-10-15(17)20-13-7-9-21(16(13)19-10)14-6-2-5-12-11(14)4-3-8-18-12;14-12-11-4-2-1-3-10(11)9-13(12)5-7-15-8-6-13;12-10(13)8-4-1-5-9-7(8)3-2-6-11-9;1-4-6(8)11-5-2-3-9-7(5)10-4;;/h2-11,14-15,26H,12-13,16-18,30H2,1H3;2-9H,1H3;1-4,12,15H,5-9,14H2;1-6,12-13H;2-3H,1H3,(H,9,10);2*1H/t26-;;12-;;;;/m1.1..../s1. The van der Waals surface area contributed by atoms with Crippen LogP contribution in [0.3, 0.4) is 0 Å². The SMILES string of the molecule is Cc1nc2[nH]ccc2nc1Br.Cc1nc2c(ccn2-c2cccc3ncccc23)nc1Br.Cc1nc2c(ccn2-c2cccc3ncccc23)nc1N1CCC2(CC1)Cc1ccccc1[C@H]2N.Cl.I.N[C@@H]1c2ccccc2CC12CCNCC2.OB(O)c1cccc2ncccc12. The first-order chi connectivity index (χ1) is 46.2. The van der Waals surface area contributed by atoms with E-state index >= 15 is 0 Å². The molecule has 14 aromatic rings. The number of rotatable bonds is 4. The maximum atomic E-state index is 9.05. The third-order valence-electron chi connectivity index (χ3n) is 19.4. The highest BCUT2D eigenvalue weighted by atomic mass is 127. The Morgan fingerprint density at radius 2 is 0.969 bits per heavy atom. The van der Waals surface area contributed by atoms with Gasteiger partial charge >= 0.3 is 7.12 Å². The molecule has 23 heteroatoms. The normalized spacial score (nSPS) is 16.2. The molecule has 0 bridgehead atoms. The molecular formula is C74H73BBr2ClIN16O2. The summed E-state index contributed by atoms with van der Waals surface area (Å²) in [5, 5.41) is 24.5. The van der Waals surface area contributed by atoms with E-state index in [-0.39, 0.29) is 53.9 Å². The molecule has 0 amide bonds. The summed E-state index contributed by atoms with van der Waals surface area (Å²) in [5.74, 6) is 0.994. The molecule has 0 radical (unpaired) electrons. The van der Waals surface area contributed by atoms with Crippen molar-refractivity contribution in [3.63, 3.8) is 0 Å². The lowest BCUT2D eigenvalue weighted by Crippen LogP contribution is -2.44. The molecule has 2 fully saturated rings. The summed E-state index contributed by atoms with van der Waals surface area (Å²) in [5.41, 5.74) is 32.7. The van der Waals surface area contributed by atoms with Gasteiger partial charge in [0.05, 0.1) is 45.0 Å². The van der Waals surface area contributed by atoms with E-state index in [9.17, 15) is 0 Å². The van der Waals surface area contributed by atoms with Crippen molar-refractivity contribution in [3.05, 3.63) is 243 Å². The molecule has 9 aromatic heterocycles. The Morgan fingerprint density at radius 1 is 0.495 bits per heavy atom. The van der Waals surface area contributed by atoms with Crippen LogP contribution in [-0.2, 0) is 12.8 Å². The number of pyridine rings is 3. The fourth-order valence-electron chi connectivity index (χ4n) is 14.3. The highest BCUT2D eigenvalue weighted by Crippen LogP contribution is 2.52. The Balaban J connectivity index is 0.000000124. The van der Waals surface area contributed by atoms with Crippen molar-refractivity contribution in [2.24, 2.45) is 22.3 Å². The van der Waals surface area contributed by atoms with Crippen LogP contribution in [0.5, 0.6) is 0 Å². The third kappa shape index (κ3) is 13.8. The zero-order valence-corrected chi connectivity index (χ0v) is 60.1. The number of nitrogens with one attached hydrogen (secondary N) is 2. The van der Waals surface area contributed by atoms with Crippen molar-refractivity contribution in [1.82, 2.24) is 64.3 Å². The van der Waals surface area contributed by atoms with E-state index in [1.807, 2.05) is 93.1 Å². The van der Waals surface area contributed by atoms with Crippen LogP contribution < -0.4 is 27.1 Å². The van der Waals surface area contributed by atoms with Crippen LogP contribution in [0.15, 0.2) is 204 Å². The van der Waals surface area contributed by atoms with Gasteiger partial charge in [-0.25, -0.2) is 29.9 Å². The Kier molecular flexibility index (Phi) is 20.9. The predicted octanol–water partition coefficient (Wildman–Crippen LogP) is 13.8. The second kappa shape index (κ2) is 29.5. The number of piperidine rings is 2. The molecule has 18 nitrogen and oxygen atoms in total. The van der Waals surface area contributed by atoms with Gasteiger partial charge in [0.15, 0.2) is 22.8 Å². The van der Waals surface area contributed by atoms with Gasteiger partial charge in [-0.3, -0.25) is 24.1 Å². The second-order valence-electron chi connectivity index (χ2n) is 25.0. The molecule has 0 saturated carbocycles. The van der Waals surface area contributed by atoms with E-state index in [1.165, 1.54) is 41.5 Å². The quantitative estimate of drug-likeness (QED) is 0.0708. The average Bonchev–Trinajstić information content (AvgIpc) is 1.65. The Morgan fingerprint density at radius 3 is 1.52 bits per heavy atom. The number of anilines is 1. The van der Waals surface area contributed by atoms with Crippen molar-refractivity contribution in [1.29, 1.82) is 0 Å². The molecule has 2 spiro atoms. The second-order valence-corrected chi connectivity index (χ2v) is 26.5. The van der Waals surface area contributed by atoms with Gasteiger partial charge in [-0.05, 0) is 227 Å². The third-order valence-corrected chi connectivity index (χ3v) is 20.9. The number of nitrogens with zero attached hydrogens (tertiary/aromatic N) is 12. The topological polar surface area (TPSA) is 249 Å². The average molecular weight is 1550 g/mol. The summed E-state index contributed by atoms with van der Waals surface area (Å²) in [6.45, 7) is 10.1. The molecule has 8 N–H and O–H groups in total. The number of aryl methyl sites for hydroxylation is 3. The van der Waals surface area contributed by atoms with Crippen LogP contribution >= 0.6 is 68.2 Å². The van der Waals surface area contributed by atoms with Gasteiger partial charge < -0.3 is 36.7 Å². The van der Waals surface area contributed by atoms with Crippen LogP contribution in [0.1, 0.15) is 77.1 Å². The van der Waals surface area contributed by atoms with Gasteiger partial charge in [-0.15, -0.1) is 36.4 Å². The Hall–Kier alpha value is -8.17. The van der Waals surface area contributed by atoms with Crippen LogP contribution in [0, 0.1) is 31.6 Å². The summed E-state index contributed by atoms with van der Waals surface area (Å²) in [6.07, 6.45) is 18.1. The maximum Gasteiger partial charge on any atom is 0.489 e. The lowest BCUT2D eigenvalue weighted by atomic mass is 9.73. The van der Waals surface area contributed by atoms with E-state index in [4.69, 9.17) is 31.5 Å². The maximum absolute atomic E-state index is 9.05. The van der Waals surface area contributed by atoms with Gasteiger partial charge in [0.25, 0.3) is 0 Å². The number of fused-ring (bicyclic) bond motifs is 8. The summed E-state index contributed by atoms with van der Waals surface area (Å²) in [6, 6.07) is 53.0. The predicted molar refractivity (Wildman–Crippen MR) is 409 cm³/mol. The number of hydrogen-bond donors (Lipinski definition) is 6. The molecule has 18 rings (SSSR count). The highest BCUT2D eigenvalue weighted by Gasteiger charge is 2.47. The molecule has 492 valence electrons. The molecular weight excluding hydrogens is 1480 g/mol. The number of aromatic amines is 1. The number of nitrogens with two attached hydrogens (primary N) is 2. The first-order valence-electron chi connectivity index (χ1n) is 32.1. The van der Waals surface area contributed by atoms with E-state index in [0.717, 1.165) is 155 Å². The minimum atomic E-state index is -1.44. The molecule has 2 saturated heterocycles. The van der Waals surface area contributed by atoms with Gasteiger partial charge in [-0.1, -0.05) is 78.9 Å². The van der Waals surface area contributed by atoms with Crippen molar-refractivity contribution in [2.75, 3.05) is 31.1 Å². The van der Waals surface area contributed by atoms with Gasteiger partial charge in [-0.2, -0.15) is 0 Å². The van der Waals surface area contributed by atoms with E-state index in [1.54, 1.807) is 30.6 Å². The molecule has 5 aromatic carbocycles. The Labute approximate surface area is 602 Å². The first-order valence-corrected chi connectivity index (χ1v) is 33.7.